The molecule has 0 aliphatic carbocycles. The number of hydrogen-bond acceptors (Lipinski definition) is 6. The topological polar surface area (TPSA) is 113 Å². The van der Waals surface area contributed by atoms with E-state index in [0.29, 0.717) is 5.69 Å². The van der Waals surface area contributed by atoms with Gasteiger partial charge in [0.25, 0.3) is 17.5 Å². The average Bonchev–Trinajstić information content (AvgIpc) is 3.34. The molecule has 3 amide bonds. The van der Waals surface area contributed by atoms with Crippen LogP contribution in [0.25, 0.3) is 0 Å². The molecule has 0 radical (unpaired) electrons. The second-order valence-electron chi connectivity index (χ2n) is 7.75. The van der Waals surface area contributed by atoms with E-state index in [4.69, 9.17) is 0 Å². The number of nitrogens with zero attached hydrogens (tertiary/aromatic N) is 3. The van der Waals surface area contributed by atoms with Gasteiger partial charge in [-0.1, -0.05) is 36.4 Å². The van der Waals surface area contributed by atoms with Crippen molar-refractivity contribution in [2.24, 2.45) is 0 Å². The lowest BCUT2D eigenvalue weighted by atomic mass is 10.1. The molecule has 0 saturated carbocycles. The number of rotatable bonds is 5. The molecule has 0 fully saturated rings. The summed E-state index contributed by atoms with van der Waals surface area (Å²) in [7, 11) is 0. The minimum absolute atomic E-state index is 0.0731. The third-order valence-corrected chi connectivity index (χ3v) is 5.83. The van der Waals surface area contributed by atoms with E-state index in [-0.39, 0.29) is 11.1 Å². The van der Waals surface area contributed by atoms with Gasteiger partial charge in [0.2, 0.25) is 5.91 Å². The van der Waals surface area contributed by atoms with Crippen LogP contribution in [0.5, 0.6) is 0 Å². The van der Waals surface area contributed by atoms with E-state index in [1.807, 2.05) is 30.3 Å². The molecule has 0 spiro atoms. The van der Waals surface area contributed by atoms with Gasteiger partial charge >= 0.3 is 0 Å². The zero-order valence-electron chi connectivity index (χ0n) is 17.4. The van der Waals surface area contributed by atoms with E-state index < -0.39 is 34.9 Å². The minimum Gasteiger partial charge on any atom is -0.339 e. The van der Waals surface area contributed by atoms with Crippen molar-refractivity contribution in [2.45, 2.75) is 6.42 Å². The highest BCUT2D eigenvalue weighted by molar-refractivity contribution is 6.24. The number of hydrogen-bond donors (Lipinski definition) is 1. The molecule has 0 saturated heterocycles. The number of carbonyl (C=O) groups is 3. The molecular formula is C24H18N4O5. The highest BCUT2D eigenvalue weighted by atomic mass is 16.6. The first-order valence-electron chi connectivity index (χ1n) is 10.3. The van der Waals surface area contributed by atoms with E-state index >= 15 is 0 Å². The quantitative estimate of drug-likeness (QED) is 0.368. The molecule has 0 unspecified atom stereocenters. The molecule has 9 nitrogen and oxygen atoms in total. The van der Waals surface area contributed by atoms with Gasteiger partial charge in [0.05, 0.1) is 21.9 Å². The zero-order valence-corrected chi connectivity index (χ0v) is 17.4. The van der Waals surface area contributed by atoms with E-state index in [0.717, 1.165) is 35.3 Å². The van der Waals surface area contributed by atoms with Crippen molar-refractivity contribution >= 4 is 40.5 Å². The number of nitro benzene ring substituents is 1. The number of fused-ring (bicyclic) bond motifs is 2. The van der Waals surface area contributed by atoms with Crippen molar-refractivity contribution < 1.29 is 19.3 Å². The van der Waals surface area contributed by atoms with Crippen molar-refractivity contribution in [1.82, 2.24) is 4.90 Å². The van der Waals surface area contributed by atoms with Gasteiger partial charge in [-0.15, -0.1) is 0 Å². The molecule has 3 aromatic carbocycles. The lowest BCUT2D eigenvalue weighted by Crippen LogP contribution is -2.37. The Morgan fingerprint density at radius 1 is 0.939 bits per heavy atom. The Balaban J connectivity index is 1.37. The fraction of sp³-hybridized carbons (Fsp3) is 0.125. The standard InChI is InChI=1S/C24H18N4O5/c29-21(14-27-23(30)16-7-5-11-20(28(32)33)22(16)24(27)31)25-17-8-2-4-10-19(17)26-13-12-15-6-1-3-9-18(15)26/h1-11H,12-14H2,(H,25,29). The minimum atomic E-state index is -0.848. The summed E-state index contributed by atoms with van der Waals surface area (Å²) < 4.78 is 0. The van der Waals surface area contributed by atoms with Gasteiger partial charge in [0.15, 0.2) is 0 Å². The Bertz CT molecular complexity index is 1340. The van der Waals surface area contributed by atoms with Crippen LogP contribution < -0.4 is 10.2 Å². The van der Waals surface area contributed by atoms with Gasteiger partial charge in [-0.05, 0) is 36.2 Å². The third-order valence-electron chi connectivity index (χ3n) is 5.83. The summed E-state index contributed by atoms with van der Waals surface area (Å²) in [5, 5.41) is 14.1. The van der Waals surface area contributed by atoms with Crippen LogP contribution in [0, 0.1) is 10.1 Å². The number of carbonyl (C=O) groups excluding carboxylic acids is 3. The van der Waals surface area contributed by atoms with Crippen molar-refractivity contribution in [1.29, 1.82) is 0 Å². The number of amides is 3. The monoisotopic (exact) mass is 442 g/mol. The molecule has 33 heavy (non-hydrogen) atoms. The normalized spacial score (nSPS) is 14.3. The Labute approximate surface area is 188 Å². The lowest BCUT2D eigenvalue weighted by Gasteiger charge is -2.23. The summed E-state index contributed by atoms with van der Waals surface area (Å²) in [6.07, 6.45) is 0.881. The highest BCUT2D eigenvalue weighted by Crippen LogP contribution is 2.38. The molecule has 164 valence electrons. The van der Waals surface area contributed by atoms with E-state index in [9.17, 15) is 24.5 Å². The van der Waals surface area contributed by atoms with Crippen molar-refractivity contribution in [3.05, 3.63) is 93.5 Å². The predicted octanol–water partition coefficient (Wildman–Crippen LogP) is 3.52. The van der Waals surface area contributed by atoms with Crippen molar-refractivity contribution in [2.75, 3.05) is 23.3 Å². The smallest absolute Gasteiger partial charge is 0.282 e. The summed E-state index contributed by atoms with van der Waals surface area (Å²) in [5.74, 6) is -2.15. The Hall–Kier alpha value is -4.53. The number of para-hydroxylation sites is 3. The fourth-order valence-corrected chi connectivity index (χ4v) is 4.35. The van der Waals surface area contributed by atoms with Crippen molar-refractivity contribution in [3.63, 3.8) is 0 Å². The van der Waals surface area contributed by atoms with Crippen LogP contribution in [0.2, 0.25) is 0 Å². The molecular weight excluding hydrogens is 424 g/mol. The van der Waals surface area contributed by atoms with Gasteiger partial charge < -0.3 is 10.2 Å². The molecule has 0 atom stereocenters. The molecule has 2 aliphatic rings. The molecule has 1 N–H and O–H groups in total. The van der Waals surface area contributed by atoms with Crippen molar-refractivity contribution in [3.8, 4) is 0 Å². The zero-order chi connectivity index (χ0) is 23.1. The van der Waals surface area contributed by atoms with Gasteiger partial charge in [-0.2, -0.15) is 0 Å². The first-order chi connectivity index (χ1) is 16.0. The van der Waals surface area contributed by atoms with Crippen LogP contribution in [0.1, 0.15) is 26.3 Å². The molecule has 0 aromatic heterocycles. The number of nitro groups is 1. The Morgan fingerprint density at radius 3 is 2.45 bits per heavy atom. The summed E-state index contributed by atoms with van der Waals surface area (Å²) >= 11 is 0. The first-order valence-corrected chi connectivity index (χ1v) is 10.3. The number of benzene rings is 3. The number of imide groups is 1. The summed E-state index contributed by atoms with van der Waals surface area (Å²) in [6, 6.07) is 19.2. The average molecular weight is 442 g/mol. The molecule has 2 aliphatic heterocycles. The fourth-order valence-electron chi connectivity index (χ4n) is 4.35. The number of anilines is 3. The molecule has 2 heterocycles. The maximum absolute atomic E-state index is 12.8. The molecule has 5 rings (SSSR count). The molecule has 0 bridgehead atoms. The second kappa shape index (κ2) is 7.86. The van der Waals surface area contributed by atoms with Gasteiger partial charge in [-0.3, -0.25) is 29.4 Å². The van der Waals surface area contributed by atoms with Crippen LogP contribution >= 0.6 is 0 Å². The van der Waals surface area contributed by atoms with E-state index in [2.05, 4.69) is 16.3 Å². The van der Waals surface area contributed by atoms with E-state index in [1.165, 1.54) is 17.7 Å². The maximum Gasteiger partial charge on any atom is 0.282 e. The predicted molar refractivity (Wildman–Crippen MR) is 121 cm³/mol. The van der Waals surface area contributed by atoms with Crippen LogP contribution in [0.3, 0.4) is 0 Å². The Kier molecular flexibility index (Phi) is 4.86. The van der Waals surface area contributed by atoms with Gasteiger partial charge in [0.1, 0.15) is 12.1 Å². The summed E-state index contributed by atoms with van der Waals surface area (Å²) in [6.45, 7) is 0.211. The van der Waals surface area contributed by atoms with E-state index in [1.54, 1.807) is 12.1 Å². The first kappa shape index (κ1) is 20.4. The van der Waals surface area contributed by atoms with Gasteiger partial charge in [-0.25, -0.2) is 0 Å². The molecule has 9 heteroatoms. The van der Waals surface area contributed by atoms with Crippen LogP contribution in [-0.4, -0.2) is 40.6 Å². The SMILES string of the molecule is O=C(CN1C(=O)c2cccc([N+](=O)[O-])c2C1=O)Nc1ccccc1N1CCc2ccccc21. The second-order valence-corrected chi connectivity index (χ2v) is 7.75. The number of nitrogens with one attached hydrogen (secondary N) is 1. The summed E-state index contributed by atoms with van der Waals surface area (Å²) in [5.41, 5.74) is 2.81. The third kappa shape index (κ3) is 3.39. The summed E-state index contributed by atoms with van der Waals surface area (Å²) in [4.78, 5) is 51.7. The molecule has 3 aromatic rings. The maximum atomic E-state index is 12.8. The highest BCUT2D eigenvalue weighted by Gasteiger charge is 2.41. The lowest BCUT2D eigenvalue weighted by molar-refractivity contribution is -0.385. The van der Waals surface area contributed by atoms with Crippen LogP contribution in [0.4, 0.5) is 22.7 Å². The van der Waals surface area contributed by atoms with Crippen LogP contribution in [0.15, 0.2) is 66.7 Å². The Morgan fingerprint density at radius 2 is 1.67 bits per heavy atom. The largest absolute Gasteiger partial charge is 0.339 e. The van der Waals surface area contributed by atoms with Gasteiger partial charge in [0, 0.05) is 18.3 Å². The van der Waals surface area contributed by atoms with Crippen LogP contribution in [-0.2, 0) is 11.2 Å².